The highest BCUT2D eigenvalue weighted by atomic mass is 16.2. The summed E-state index contributed by atoms with van der Waals surface area (Å²) in [6, 6.07) is 7.54. The molecule has 31 heavy (non-hydrogen) atoms. The lowest BCUT2D eigenvalue weighted by Gasteiger charge is -2.20. The first-order valence-electron chi connectivity index (χ1n) is 10.8. The van der Waals surface area contributed by atoms with Crippen LogP contribution in [0.25, 0.3) is 11.0 Å². The van der Waals surface area contributed by atoms with Crippen molar-refractivity contribution in [1.82, 2.24) is 41.1 Å². The number of carbonyl (C=O) groups excluding carboxylic acids is 2. The van der Waals surface area contributed by atoms with Crippen molar-refractivity contribution in [3.63, 3.8) is 0 Å². The standard InChI is InChI=1S/C21H28N8O2/c1-2-3-8-16(30)25-19(18-23-14-6-4-5-7-15(14)24-18)27-21(31)20-26-17(28-29-20)13-9-11-22-12-10-13/h4-7,13,19,22H,2-3,8-12H2,1H3,(H,23,24)(H,25,30)(H,27,31)(H,26,28,29). The number of nitrogens with one attached hydrogen (secondary N) is 5. The highest BCUT2D eigenvalue weighted by Gasteiger charge is 2.25. The summed E-state index contributed by atoms with van der Waals surface area (Å²) in [5.41, 5.74) is 1.58. The van der Waals surface area contributed by atoms with Gasteiger partial charge in [0.2, 0.25) is 11.7 Å². The molecular weight excluding hydrogens is 396 g/mol. The quantitative estimate of drug-likeness (QED) is 0.350. The zero-order valence-electron chi connectivity index (χ0n) is 17.6. The van der Waals surface area contributed by atoms with E-state index in [1.165, 1.54) is 0 Å². The zero-order chi connectivity index (χ0) is 21.6. The molecule has 0 aliphatic carbocycles. The van der Waals surface area contributed by atoms with Crippen LogP contribution in [0.5, 0.6) is 0 Å². The Kier molecular flexibility index (Phi) is 6.56. The Morgan fingerprint density at radius 3 is 2.74 bits per heavy atom. The maximum atomic E-state index is 12.9. The van der Waals surface area contributed by atoms with Crippen molar-refractivity contribution in [1.29, 1.82) is 0 Å². The molecule has 3 heterocycles. The van der Waals surface area contributed by atoms with E-state index in [2.05, 4.69) is 41.1 Å². The number of carbonyl (C=O) groups is 2. The number of benzene rings is 1. The highest BCUT2D eigenvalue weighted by molar-refractivity contribution is 5.91. The molecule has 1 aromatic carbocycles. The van der Waals surface area contributed by atoms with E-state index in [1.807, 2.05) is 31.2 Å². The maximum absolute atomic E-state index is 12.9. The van der Waals surface area contributed by atoms with Gasteiger partial charge in [0, 0.05) is 12.3 Å². The van der Waals surface area contributed by atoms with E-state index >= 15 is 0 Å². The lowest BCUT2D eigenvalue weighted by molar-refractivity contribution is -0.122. The molecule has 0 radical (unpaired) electrons. The first-order valence-corrected chi connectivity index (χ1v) is 10.8. The molecule has 10 heteroatoms. The van der Waals surface area contributed by atoms with Crippen LogP contribution in [-0.4, -0.2) is 50.1 Å². The summed E-state index contributed by atoms with van der Waals surface area (Å²) in [5.74, 6) is 0.857. The van der Waals surface area contributed by atoms with Crippen molar-refractivity contribution in [3.05, 3.63) is 41.7 Å². The van der Waals surface area contributed by atoms with Gasteiger partial charge in [0.15, 0.2) is 12.0 Å². The van der Waals surface area contributed by atoms with E-state index in [9.17, 15) is 9.59 Å². The van der Waals surface area contributed by atoms with Crippen molar-refractivity contribution >= 4 is 22.8 Å². The van der Waals surface area contributed by atoms with Crippen molar-refractivity contribution in [2.24, 2.45) is 0 Å². The predicted octanol–water partition coefficient (Wildman–Crippen LogP) is 1.88. The monoisotopic (exact) mass is 424 g/mol. The second kappa shape index (κ2) is 9.69. The van der Waals surface area contributed by atoms with Crippen LogP contribution in [0.3, 0.4) is 0 Å². The number of hydrogen-bond acceptors (Lipinski definition) is 6. The van der Waals surface area contributed by atoms with Crippen LogP contribution in [0.2, 0.25) is 0 Å². The summed E-state index contributed by atoms with van der Waals surface area (Å²) < 4.78 is 0. The number of para-hydroxylation sites is 2. The number of hydrogen-bond donors (Lipinski definition) is 5. The van der Waals surface area contributed by atoms with Crippen LogP contribution in [0.1, 0.15) is 73.4 Å². The molecule has 1 aliphatic heterocycles. The van der Waals surface area contributed by atoms with Gasteiger partial charge in [0.1, 0.15) is 5.82 Å². The van der Waals surface area contributed by atoms with E-state index in [1.54, 1.807) is 0 Å². The van der Waals surface area contributed by atoms with Crippen LogP contribution in [0, 0.1) is 0 Å². The molecule has 0 bridgehead atoms. The molecular formula is C21H28N8O2. The Morgan fingerprint density at radius 1 is 1.16 bits per heavy atom. The van der Waals surface area contributed by atoms with Gasteiger partial charge >= 0.3 is 0 Å². The molecule has 1 saturated heterocycles. The highest BCUT2D eigenvalue weighted by Crippen LogP contribution is 2.22. The third-order valence-electron chi connectivity index (χ3n) is 5.45. The number of aromatic amines is 2. The van der Waals surface area contributed by atoms with Crippen LogP contribution in [0.4, 0.5) is 0 Å². The molecule has 3 aromatic rings. The fourth-order valence-electron chi connectivity index (χ4n) is 3.70. The first-order chi connectivity index (χ1) is 15.1. The second-order valence-electron chi connectivity index (χ2n) is 7.79. The molecule has 1 atom stereocenters. The largest absolute Gasteiger partial charge is 0.339 e. The molecule has 2 amide bonds. The third-order valence-corrected chi connectivity index (χ3v) is 5.45. The molecule has 1 unspecified atom stereocenters. The van der Waals surface area contributed by atoms with Crippen LogP contribution < -0.4 is 16.0 Å². The lowest BCUT2D eigenvalue weighted by Crippen LogP contribution is -2.42. The Hall–Kier alpha value is -3.27. The molecule has 10 nitrogen and oxygen atoms in total. The van der Waals surface area contributed by atoms with Crippen molar-refractivity contribution in [2.75, 3.05) is 13.1 Å². The van der Waals surface area contributed by atoms with Gasteiger partial charge in [-0.1, -0.05) is 25.5 Å². The molecule has 4 rings (SSSR count). The summed E-state index contributed by atoms with van der Waals surface area (Å²) >= 11 is 0. The Bertz CT molecular complexity index is 1000. The number of imidazole rings is 1. The number of H-pyrrole nitrogens is 2. The van der Waals surface area contributed by atoms with Gasteiger partial charge in [-0.05, 0) is 44.5 Å². The van der Waals surface area contributed by atoms with E-state index in [0.717, 1.165) is 55.6 Å². The molecule has 1 aliphatic rings. The molecule has 0 spiro atoms. The maximum Gasteiger partial charge on any atom is 0.292 e. The van der Waals surface area contributed by atoms with Crippen molar-refractivity contribution in [3.8, 4) is 0 Å². The average Bonchev–Trinajstić information content (AvgIpc) is 3.45. The summed E-state index contributed by atoms with van der Waals surface area (Å²) in [4.78, 5) is 37.4. The number of piperidine rings is 1. The first kappa shape index (κ1) is 21.0. The topological polar surface area (TPSA) is 140 Å². The Labute approximate surface area is 180 Å². The van der Waals surface area contributed by atoms with Gasteiger partial charge in [-0.15, -0.1) is 5.10 Å². The van der Waals surface area contributed by atoms with Gasteiger partial charge in [-0.25, -0.2) is 9.97 Å². The number of nitrogens with zero attached hydrogens (tertiary/aromatic N) is 3. The summed E-state index contributed by atoms with van der Waals surface area (Å²) in [6.07, 6.45) is 3.14. The van der Waals surface area contributed by atoms with Gasteiger partial charge < -0.3 is 20.9 Å². The molecule has 5 N–H and O–H groups in total. The fraction of sp³-hybridized carbons (Fsp3) is 0.476. The van der Waals surface area contributed by atoms with Crippen LogP contribution in [-0.2, 0) is 4.79 Å². The van der Waals surface area contributed by atoms with Crippen LogP contribution >= 0.6 is 0 Å². The predicted molar refractivity (Wildman–Crippen MR) is 115 cm³/mol. The zero-order valence-corrected chi connectivity index (χ0v) is 17.6. The minimum absolute atomic E-state index is 0.0532. The summed E-state index contributed by atoms with van der Waals surface area (Å²) in [5, 5.41) is 16.0. The van der Waals surface area contributed by atoms with Gasteiger partial charge in [-0.3, -0.25) is 14.7 Å². The van der Waals surface area contributed by atoms with E-state index in [4.69, 9.17) is 0 Å². The van der Waals surface area contributed by atoms with E-state index < -0.39 is 12.1 Å². The molecule has 1 fully saturated rings. The van der Waals surface area contributed by atoms with Crippen LogP contribution in [0.15, 0.2) is 24.3 Å². The fourth-order valence-corrected chi connectivity index (χ4v) is 3.70. The minimum Gasteiger partial charge on any atom is -0.339 e. The number of amides is 2. The van der Waals surface area contributed by atoms with Gasteiger partial charge in [0.25, 0.3) is 5.91 Å². The molecule has 2 aromatic heterocycles. The third kappa shape index (κ3) is 5.08. The van der Waals surface area contributed by atoms with Gasteiger partial charge in [-0.2, -0.15) is 0 Å². The minimum atomic E-state index is -0.815. The number of rotatable bonds is 8. The second-order valence-corrected chi connectivity index (χ2v) is 7.79. The van der Waals surface area contributed by atoms with Crippen molar-refractivity contribution < 1.29 is 9.59 Å². The average molecular weight is 425 g/mol. The number of fused-ring (bicyclic) bond motifs is 1. The Morgan fingerprint density at radius 2 is 1.97 bits per heavy atom. The SMILES string of the molecule is CCCCC(=O)NC(NC(=O)c1n[nH]c(C2CCNCC2)n1)c1nc2ccccc2[nH]1. The number of unbranched alkanes of at least 4 members (excludes halogenated alkanes) is 1. The summed E-state index contributed by atoms with van der Waals surface area (Å²) in [6.45, 7) is 3.87. The normalized spacial score (nSPS) is 15.6. The summed E-state index contributed by atoms with van der Waals surface area (Å²) in [7, 11) is 0. The van der Waals surface area contributed by atoms with Crippen molar-refractivity contribution in [2.45, 2.75) is 51.1 Å². The molecule has 164 valence electrons. The lowest BCUT2D eigenvalue weighted by atomic mass is 9.98. The smallest absolute Gasteiger partial charge is 0.292 e. The molecule has 0 saturated carbocycles. The Balaban J connectivity index is 1.51. The van der Waals surface area contributed by atoms with E-state index in [0.29, 0.717) is 12.2 Å². The van der Waals surface area contributed by atoms with E-state index in [-0.39, 0.29) is 17.6 Å². The number of aromatic nitrogens is 5. The van der Waals surface area contributed by atoms with Gasteiger partial charge in [0.05, 0.1) is 11.0 Å².